The van der Waals surface area contributed by atoms with Crippen LogP contribution >= 0.6 is 0 Å². The Morgan fingerprint density at radius 2 is 2.14 bits per heavy atom. The van der Waals surface area contributed by atoms with Crippen LogP contribution in [-0.2, 0) is 0 Å². The van der Waals surface area contributed by atoms with E-state index in [1.165, 1.54) is 0 Å². The van der Waals surface area contributed by atoms with Crippen LogP contribution in [0.3, 0.4) is 0 Å². The van der Waals surface area contributed by atoms with E-state index >= 15 is 0 Å². The van der Waals surface area contributed by atoms with Crippen molar-refractivity contribution in [3.05, 3.63) is 65.9 Å². The molecule has 0 radical (unpaired) electrons. The molecular formula is C16H13N3O2. The van der Waals surface area contributed by atoms with Crippen molar-refractivity contribution in [3.8, 4) is 0 Å². The Kier molecular flexibility index (Phi) is 2.55. The standard InChI is InChI=1S/C16H13N3O2/c1-10-2-3-14-11(6-10)7-15(21-14)16(20)12-8-18-19-5-4-17-9-13(12)19/h2-9,16,20H,1H3. The zero-order valence-corrected chi connectivity index (χ0v) is 11.4. The first kappa shape index (κ1) is 12.1. The van der Waals surface area contributed by atoms with Gasteiger partial charge >= 0.3 is 0 Å². The highest BCUT2D eigenvalue weighted by molar-refractivity contribution is 5.79. The first-order valence-electron chi connectivity index (χ1n) is 6.68. The molecule has 0 spiro atoms. The summed E-state index contributed by atoms with van der Waals surface area (Å²) in [6.07, 6.45) is 5.85. The highest BCUT2D eigenvalue weighted by Gasteiger charge is 2.19. The van der Waals surface area contributed by atoms with Crippen molar-refractivity contribution in [1.29, 1.82) is 0 Å². The second-order valence-electron chi connectivity index (χ2n) is 5.10. The number of aromatic nitrogens is 3. The number of furan rings is 1. The number of hydrogen-bond acceptors (Lipinski definition) is 4. The van der Waals surface area contributed by atoms with Crippen molar-refractivity contribution in [3.63, 3.8) is 0 Å². The molecule has 0 amide bonds. The van der Waals surface area contributed by atoms with Gasteiger partial charge in [-0.05, 0) is 25.1 Å². The summed E-state index contributed by atoms with van der Waals surface area (Å²) in [5, 5.41) is 15.8. The maximum Gasteiger partial charge on any atom is 0.140 e. The van der Waals surface area contributed by atoms with Gasteiger partial charge in [0.25, 0.3) is 0 Å². The number of benzene rings is 1. The number of rotatable bonds is 2. The van der Waals surface area contributed by atoms with Gasteiger partial charge in [-0.1, -0.05) is 11.6 Å². The van der Waals surface area contributed by atoms with Gasteiger partial charge in [0.05, 0.1) is 17.9 Å². The van der Waals surface area contributed by atoms with Crippen molar-refractivity contribution in [1.82, 2.24) is 14.6 Å². The summed E-state index contributed by atoms with van der Waals surface area (Å²) in [6, 6.07) is 7.80. The van der Waals surface area contributed by atoms with E-state index in [0.717, 1.165) is 22.0 Å². The van der Waals surface area contributed by atoms with Gasteiger partial charge in [-0.2, -0.15) is 5.10 Å². The molecule has 5 heteroatoms. The van der Waals surface area contributed by atoms with E-state index in [4.69, 9.17) is 4.42 Å². The van der Waals surface area contributed by atoms with Crippen molar-refractivity contribution < 1.29 is 9.52 Å². The largest absolute Gasteiger partial charge is 0.458 e. The lowest BCUT2D eigenvalue weighted by atomic mass is 10.1. The monoisotopic (exact) mass is 279 g/mol. The average molecular weight is 279 g/mol. The van der Waals surface area contributed by atoms with E-state index in [1.807, 2.05) is 31.2 Å². The Morgan fingerprint density at radius 3 is 3.05 bits per heavy atom. The summed E-state index contributed by atoms with van der Waals surface area (Å²) >= 11 is 0. The molecule has 1 unspecified atom stereocenters. The highest BCUT2D eigenvalue weighted by Crippen LogP contribution is 2.30. The Labute approximate surface area is 120 Å². The van der Waals surface area contributed by atoms with Crippen molar-refractivity contribution in [2.75, 3.05) is 0 Å². The second-order valence-corrected chi connectivity index (χ2v) is 5.10. The molecule has 104 valence electrons. The first-order valence-corrected chi connectivity index (χ1v) is 6.68. The van der Waals surface area contributed by atoms with Gasteiger partial charge in [0.15, 0.2) is 0 Å². The van der Waals surface area contributed by atoms with E-state index in [2.05, 4.69) is 10.1 Å². The van der Waals surface area contributed by atoms with Gasteiger partial charge in [-0.3, -0.25) is 4.98 Å². The van der Waals surface area contributed by atoms with Crippen molar-refractivity contribution in [2.24, 2.45) is 0 Å². The summed E-state index contributed by atoms with van der Waals surface area (Å²) in [6.45, 7) is 2.03. The van der Waals surface area contributed by atoms with Crippen LogP contribution in [0.25, 0.3) is 16.5 Å². The summed E-state index contributed by atoms with van der Waals surface area (Å²) in [4.78, 5) is 4.07. The van der Waals surface area contributed by atoms with E-state index < -0.39 is 6.10 Å². The van der Waals surface area contributed by atoms with E-state index in [9.17, 15) is 5.11 Å². The summed E-state index contributed by atoms with van der Waals surface area (Å²) in [5.74, 6) is 0.509. The molecule has 1 aromatic carbocycles. The minimum atomic E-state index is -0.862. The number of hydrogen-bond donors (Lipinski definition) is 1. The summed E-state index contributed by atoms with van der Waals surface area (Å²) < 4.78 is 7.43. The molecule has 0 aliphatic heterocycles. The quantitative estimate of drug-likeness (QED) is 0.613. The third-order valence-electron chi connectivity index (χ3n) is 3.61. The zero-order valence-electron chi connectivity index (χ0n) is 11.4. The van der Waals surface area contributed by atoms with E-state index in [1.54, 1.807) is 29.3 Å². The van der Waals surface area contributed by atoms with E-state index in [-0.39, 0.29) is 0 Å². The number of aryl methyl sites for hydroxylation is 1. The molecule has 0 fully saturated rings. The predicted molar refractivity (Wildman–Crippen MR) is 78.0 cm³/mol. The summed E-state index contributed by atoms with van der Waals surface area (Å²) in [5.41, 5.74) is 3.37. The molecule has 4 aromatic rings. The van der Waals surface area contributed by atoms with Crippen molar-refractivity contribution >= 4 is 16.5 Å². The summed E-state index contributed by atoms with van der Waals surface area (Å²) in [7, 11) is 0. The third-order valence-corrected chi connectivity index (χ3v) is 3.61. The van der Waals surface area contributed by atoms with Crippen LogP contribution in [0.1, 0.15) is 23.0 Å². The molecule has 4 rings (SSSR count). The topological polar surface area (TPSA) is 63.6 Å². The van der Waals surface area contributed by atoms with Gasteiger partial charge in [-0.25, -0.2) is 4.52 Å². The fraction of sp³-hybridized carbons (Fsp3) is 0.125. The van der Waals surface area contributed by atoms with Gasteiger partial charge in [-0.15, -0.1) is 0 Å². The molecule has 3 heterocycles. The minimum absolute atomic E-state index is 0.509. The van der Waals surface area contributed by atoms with Crippen LogP contribution in [0.4, 0.5) is 0 Å². The molecule has 3 aromatic heterocycles. The van der Waals surface area contributed by atoms with Gasteiger partial charge in [0.1, 0.15) is 17.4 Å². The number of aliphatic hydroxyl groups excluding tert-OH is 1. The number of aliphatic hydroxyl groups is 1. The molecule has 0 bridgehead atoms. The number of fused-ring (bicyclic) bond motifs is 2. The molecular weight excluding hydrogens is 266 g/mol. The van der Waals surface area contributed by atoms with Crippen LogP contribution in [0.15, 0.2) is 53.5 Å². The average Bonchev–Trinajstić information content (AvgIpc) is 3.09. The predicted octanol–water partition coefficient (Wildman–Crippen LogP) is 2.87. The smallest absolute Gasteiger partial charge is 0.140 e. The highest BCUT2D eigenvalue weighted by atomic mass is 16.4. The molecule has 0 aliphatic carbocycles. The zero-order chi connectivity index (χ0) is 14.4. The molecule has 0 aliphatic rings. The van der Waals surface area contributed by atoms with Gasteiger partial charge < -0.3 is 9.52 Å². The Morgan fingerprint density at radius 1 is 1.24 bits per heavy atom. The van der Waals surface area contributed by atoms with Crippen LogP contribution in [-0.4, -0.2) is 19.7 Å². The van der Waals surface area contributed by atoms with Crippen LogP contribution in [0.5, 0.6) is 0 Å². The van der Waals surface area contributed by atoms with Gasteiger partial charge in [0, 0.05) is 23.3 Å². The van der Waals surface area contributed by atoms with Crippen LogP contribution in [0, 0.1) is 6.92 Å². The molecule has 21 heavy (non-hydrogen) atoms. The Bertz CT molecular complexity index is 939. The Hall–Kier alpha value is -2.66. The fourth-order valence-electron chi connectivity index (χ4n) is 2.53. The van der Waals surface area contributed by atoms with Crippen molar-refractivity contribution in [2.45, 2.75) is 13.0 Å². The van der Waals surface area contributed by atoms with E-state index in [0.29, 0.717) is 11.3 Å². The van der Waals surface area contributed by atoms with Crippen LogP contribution in [0.2, 0.25) is 0 Å². The lowest BCUT2D eigenvalue weighted by Gasteiger charge is -2.05. The molecule has 5 nitrogen and oxygen atoms in total. The van der Waals surface area contributed by atoms with Gasteiger partial charge in [0.2, 0.25) is 0 Å². The van der Waals surface area contributed by atoms with Crippen LogP contribution < -0.4 is 0 Å². The number of nitrogens with zero attached hydrogens (tertiary/aromatic N) is 3. The molecule has 1 N–H and O–H groups in total. The maximum absolute atomic E-state index is 10.6. The second kappa shape index (κ2) is 4.43. The third kappa shape index (κ3) is 1.90. The molecule has 1 atom stereocenters. The minimum Gasteiger partial charge on any atom is -0.458 e. The fourth-order valence-corrected chi connectivity index (χ4v) is 2.53. The molecule has 0 saturated heterocycles. The lowest BCUT2D eigenvalue weighted by Crippen LogP contribution is -1.97. The maximum atomic E-state index is 10.6. The lowest BCUT2D eigenvalue weighted by molar-refractivity contribution is 0.193. The SMILES string of the molecule is Cc1ccc2oc(C(O)c3cnn4ccncc34)cc2c1. The first-order chi connectivity index (χ1) is 10.2. The molecule has 0 saturated carbocycles. The Balaban J connectivity index is 1.83. The normalized spacial score (nSPS) is 13.0.